The number of sulfone groups is 1. The standard InChI is InChI=1S/C19H30N2O3SSi/c1-19(2,3)26(4,5)24-17-7-6-16-14(8-10-20-18(16)17)12-21-15-9-11-25(22,23)13-15/h8-11,15,17,21H,6-7,12-13H2,1-5H3. The average Bonchev–Trinajstić information content (AvgIpc) is 3.07. The van der Waals surface area contributed by atoms with E-state index < -0.39 is 18.2 Å². The van der Waals surface area contributed by atoms with Gasteiger partial charge in [-0.2, -0.15) is 0 Å². The van der Waals surface area contributed by atoms with Crippen LogP contribution < -0.4 is 5.32 Å². The fraction of sp³-hybridized carbons (Fsp3) is 0.632. The zero-order valence-electron chi connectivity index (χ0n) is 16.4. The molecule has 2 atom stereocenters. The van der Waals surface area contributed by atoms with Crippen LogP contribution in [0.25, 0.3) is 0 Å². The second-order valence-corrected chi connectivity index (χ2v) is 15.6. The van der Waals surface area contributed by atoms with Crippen molar-refractivity contribution in [2.75, 3.05) is 5.75 Å². The Kier molecular flexibility index (Phi) is 5.20. The van der Waals surface area contributed by atoms with Crippen molar-refractivity contribution >= 4 is 18.2 Å². The Morgan fingerprint density at radius 3 is 2.69 bits per heavy atom. The Hall–Kier alpha value is -1.02. The lowest BCUT2D eigenvalue weighted by molar-refractivity contribution is 0.181. The summed E-state index contributed by atoms with van der Waals surface area (Å²) in [6, 6.07) is 1.93. The van der Waals surface area contributed by atoms with Crippen LogP contribution in [0.1, 0.15) is 50.1 Å². The van der Waals surface area contributed by atoms with Crippen molar-refractivity contribution in [3.05, 3.63) is 40.6 Å². The summed E-state index contributed by atoms with van der Waals surface area (Å²) in [6.07, 6.45) is 5.62. The van der Waals surface area contributed by atoms with E-state index in [-0.39, 0.29) is 22.9 Å². The van der Waals surface area contributed by atoms with E-state index in [0.29, 0.717) is 6.54 Å². The number of rotatable bonds is 5. The highest BCUT2D eigenvalue weighted by molar-refractivity contribution is 7.94. The molecule has 2 heterocycles. The topological polar surface area (TPSA) is 68.3 Å². The van der Waals surface area contributed by atoms with Crippen molar-refractivity contribution in [1.29, 1.82) is 0 Å². The number of aromatic nitrogens is 1. The van der Waals surface area contributed by atoms with Crippen LogP contribution in [-0.2, 0) is 27.2 Å². The Balaban J connectivity index is 1.71. The summed E-state index contributed by atoms with van der Waals surface area (Å²) in [4.78, 5) is 4.63. The third kappa shape index (κ3) is 4.11. The van der Waals surface area contributed by atoms with E-state index in [1.807, 2.05) is 12.3 Å². The second-order valence-electron chi connectivity index (χ2n) is 8.88. The van der Waals surface area contributed by atoms with Crippen molar-refractivity contribution in [2.24, 2.45) is 0 Å². The van der Waals surface area contributed by atoms with Gasteiger partial charge in [0.2, 0.25) is 0 Å². The van der Waals surface area contributed by atoms with Gasteiger partial charge in [0.05, 0.1) is 17.6 Å². The number of hydrogen-bond donors (Lipinski definition) is 1. The molecule has 0 aromatic carbocycles. The lowest BCUT2D eigenvalue weighted by Crippen LogP contribution is -2.41. The van der Waals surface area contributed by atoms with Gasteiger partial charge in [0.1, 0.15) is 0 Å². The van der Waals surface area contributed by atoms with Gasteiger partial charge < -0.3 is 9.74 Å². The summed E-state index contributed by atoms with van der Waals surface area (Å²) in [7, 11) is -4.87. The normalized spacial score (nSPS) is 24.8. The predicted molar refractivity (Wildman–Crippen MR) is 107 cm³/mol. The molecule has 0 saturated heterocycles. The maximum absolute atomic E-state index is 11.5. The van der Waals surface area contributed by atoms with Crippen molar-refractivity contribution in [2.45, 2.75) is 70.4 Å². The first kappa shape index (κ1) is 19.7. The lowest BCUT2D eigenvalue weighted by Gasteiger charge is -2.38. The van der Waals surface area contributed by atoms with Crippen molar-refractivity contribution in [1.82, 2.24) is 10.3 Å². The maximum atomic E-state index is 11.5. The first-order valence-electron chi connectivity index (χ1n) is 9.27. The molecule has 144 valence electrons. The third-order valence-electron chi connectivity index (χ3n) is 5.88. The highest BCUT2D eigenvalue weighted by Crippen LogP contribution is 2.43. The van der Waals surface area contributed by atoms with Crippen LogP contribution in [-0.4, -0.2) is 33.5 Å². The molecule has 0 radical (unpaired) electrons. The van der Waals surface area contributed by atoms with E-state index in [1.54, 1.807) is 6.08 Å². The molecule has 0 amide bonds. The Labute approximate surface area is 158 Å². The van der Waals surface area contributed by atoms with Crippen LogP contribution in [0.2, 0.25) is 18.1 Å². The van der Waals surface area contributed by atoms with Gasteiger partial charge in [-0.3, -0.25) is 4.98 Å². The number of fused-ring (bicyclic) bond motifs is 1. The monoisotopic (exact) mass is 394 g/mol. The molecule has 1 aromatic rings. The first-order valence-corrected chi connectivity index (χ1v) is 13.9. The van der Waals surface area contributed by atoms with E-state index in [2.05, 4.69) is 44.2 Å². The molecule has 1 aliphatic heterocycles. The molecular formula is C19H30N2O3SSi. The molecule has 5 nitrogen and oxygen atoms in total. The molecular weight excluding hydrogens is 364 g/mol. The summed E-state index contributed by atoms with van der Waals surface area (Å²) in [5.74, 6) is 0.150. The second kappa shape index (κ2) is 6.85. The molecule has 0 saturated carbocycles. The van der Waals surface area contributed by atoms with E-state index in [0.717, 1.165) is 18.5 Å². The molecule has 1 N–H and O–H groups in total. The van der Waals surface area contributed by atoms with E-state index >= 15 is 0 Å². The first-order chi connectivity index (χ1) is 12.0. The summed E-state index contributed by atoms with van der Waals surface area (Å²) in [5.41, 5.74) is 3.55. The zero-order valence-corrected chi connectivity index (χ0v) is 18.2. The Morgan fingerprint density at radius 2 is 2.08 bits per heavy atom. The predicted octanol–water partition coefficient (Wildman–Crippen LogP) is 3.49. The number of hydrogen-bond acceptors (Lipinski definition) is 5. The number of nitrogens with zero attached hydrogens (tertiary/aromatic N) is 1. The van der Waals surface area contributed by atoms with Gasteiger partial charge in [-0.25, -0.2) is 8.42 Å². The van der Waals surface area contributed by atoms with Gasteiger partial charge >= 0.3 is 0 Å². The van der Waals surface area contributed by atoms with Gasteiger partial charge in [0.25, 0.3) is 0 Å². The molecule has 0 fully saturated rings. The fourth-order valence-corrected chi connectivity index (χ4v) is 5.85. The molecule has 0 bridgehead atoms. The maximum Gasteiger partial charge on any atom is 0.192 e. The fourth-order valence-electron chi connectivity index (χ4n) is 3.29. The van der Waals surface area contributed by atoms with Crippen LogP contribution in [0.4, 0.5) is 0 Å². The minimum atomic E-state index is -3.03. The summed E-state index contributed by atoms with van der Waals surface area (Å²) in [6.45, 7) is 12.0. The van der Waals surface area contributed by atoms with Gasteiger partial charge in [0.15, 0.2) is 18.2 Å². The summed E-state index contributed by atoms with van der Waals surface area (Å²) >= 11 is 0. The molecule has 3 rings (SSSR count). The highest BCUT2D eigenvalue weighted by atomic mass is 32.2. The minimum Gasteiger partial charge on any atom is -0.408 e. The van der Waals surface area contributed by atoms with Gasteiger partial charge in [-0.15, -0.1) is 0 Å². The molecule has 7 heteroatoms. The average molecular weight is 395 g/mol. The van der Waals surface area contributed by atoms with Crippen LogP contribution in [0.3, 0.4) is 0 Å². The van der Waals surface area contributed by atoms with Crippen LogP contribution in [0, 0.1) is 0 Å². The Bertz CT molecular complexity index is 813. The molecule has 1 aromatic heterocycles. The summed E-state index contributed by atoms with van der Waals surface area (Å²) in [5, 5.41) is 4.83. The molecule has 26 heavy (non-hydrogen) atoms. The Morgan fingerprint density at radius 1 is 1.35 bits per heavy atom. The molecule has 0 spiro atoms. The van der Waals surface area contributed by atoms with Gasteiger partial charge in [0, 0.05) is 24.2 Å². The van der Waals surface area contributed by atoms with Crippen LogP contribution >= 0.6 is 0 Å². The minimum absolute atomic E-state index is 0.0811. The largest absolute Gasteiger partial charge is 0.408 e. The molecule has 1 aliphatic carbocycles. The SMILES string of the molecule is CC(C)(C)[Si](C)(C)OC1CCc2c(CNC3C=CS(=O)(=O)C3)ccnc21. The van der Waals surface area contributed by atoms with Crippen molar-refractivity contribution < 1.29 is 12.8 Å². The van der Waals surface area contributed by atoms with Crippen LogP contribution in [0.5, 0.6) is 0 Å². The zero-order chi connectivity index (χ0) is 19.2. The number of pyridine rings is 1. The van der Waals surface area contributed by atoms with Crippen LogP contribution in [0.15, 0.2) is 23.7 Å². The summed E-state index contributed by atoms with van der Waals surface area (Å²) < 4.78 is 29.7. The smallest absolute Gasteiger partial charge is 0.192 e. The third-order valence-corrected chi connectivity index (χ3v) is 11.8. The van der Waals surface area contributed by atoms with E-state index in [1.165, 1.54) is 16.5 Å². The lowest BCUT2D eigenvalue weighted by atomic mass is 10.1. The van der Waals surface area contributed by atoms with Gasteiger partial charge in [-0.05, 0) is 48.2 Å². The van der Waals surface area contributed by atoms with Gasteiger partial charge in [-0.1, -0.05) is 26.8 Å². The van der Waals surface area contributed by atoms with Crippen molar-refractivity contribution in [3.8, 4) is 0 Å². The van der Waals surface area contributed by atoms with E-state index in [9.17, 15) is 8.42 Å². The molecule has 2 unspecified atom stereocenters. The quantitative estimate of drug-likeness (QED) is 0.774. The molecule has 2 aliphatic rings. The van der Waals surface area contributed by atoms with E-state index in [4.69, 9.17) is 4.43 Å². The number of nitrogens with one attached hydrogen (secondary N) is 1. The van der Waals surface area contributed by atoms with Crippen molar-refractivity contribution in [3.63, 3.8) is 0 Å². The highest BCUT2D eigenvalue weighted by Gasteiger charge is 2.41.